The van der Waals surface area contributed by atoms with Gasteiger partial charge in [-0.15, -0.1) is 0 Å². The monoisotopic (exact) mass is 216 g/mol. The minimum Gasteiger partial charge on any atom is -0.330 e. The number of nitrogens with zero attached hydrogens (tertiary/aromatic N) is 3. The van der Waals surface area contributed by atoms with Crippen molar-refractivity contribution in [3.8, 4) is 5.69 Å². The highest BCUT2D eigenvalue weighted by Gasteiger charge is 2.07. The van der Waals surface area contributed by atoms with Crippen LogP contribution in [0.5, 0.6) is 0 Å². The number of hydrogen-bond acceptors (Lipinski definition) is 3. The first kappa shape index (κ1) is 10.8. The average molecular weight is 216 g/mol. The minimum absolute atomic E-state index is 0.580. The molecule has 0 fully saturated rings. The molecular weight excluding hydrogens is 200 g/mol. The molecule has 84 valence electrons. The molecule has 0 atom stereocenters. The van der Waals surface area contributed by atoms with Crippen molar-refractivity contribution >= 4 is 0 Å². The number of benzene rings is 1. The van der Waals surface area contributed by atoms with E-state index in [2.05, 4.69) is 36.1 Å². The van der Waals surface area contributed by atoms with E-state index in [0.29, 0.717) is 6.54 Å². The van der Waals surface area contributed by atoms with Crippen molar-refractivity contribution in [2.24, 2.45) is 5.73 Å². The fourth-order valence-electron chi connectivity index (χ4n) is 1.82. The maximum absolute atomic E-state index is 5.48. The third-order valence-corrected chi connectivity index (χ3v) is 2.58. The molecule has 0 spiro atoms. The van der Waals surface area contributed by atoms with E-state index in [1.54, 1.807) is 6.33 Å². The molecule has 2 N–H and O–H groups in total. The van der Waals surface area contributed by atoms with Gasteiger partial charge in [-0.25, -0.2) is 9.67 Å². The highest BCUT2D eigenvalue weighted by molar-refractivity contribution is 5.45. The number of rotatable bonds is 3. The van der Waals surface area contributed by atoms with E-state index < -0.39 is 0 Å². The number of para-hydroxylation sites is 1. The lowest BCUT2D eigenvalue weighted by Crippen LogP contribution is -2.06. The summed E-state index contributed by atoms with van der Waals surface area (Å²) in [5.74, 6) is 0.796. The van der Waals surface area contributed by atoms with Crippen LogP contribution in [-0.4, -0.2) is 21.3 Å². The molecule has 4 nitrogen and oxygen atoms in total. The summed E-state index contributed by atoms with van der Waals surface area (Å²) in [6.45, 7) is 4.73. The summed E-state index contributed by atoms with van der Waals surface area (Å²) < 4.78 is 1.83. The third-order valence-electron chi connectivity index (χ3n) is 2.58. The Morgan fingerprint density at radius 1 is 1.25 bits per heavy atom. The topological polar surface area (TPSA) is 56.7 Å². The number of aryl methyl sites for hydroxylation is 2. The molecule has 1 heterocycles. The predicted octanol–water partition coefficient (Wildman–Crippen LogP) is 1.39. The van der Waals surface area contributed by atoms with E-state index in [0.717, 1.165) is 17.9 Å². The van der Waals surface area contributed by atoms with Crippen LogP contribution in [-0.2, 0) is 6.42 Å². The van der Waals surface area contributed by atoms with Crippen LogP contribution in [0.4, 0.5) is 0 Å². The Kier molecular flexibility index (Phi) is 3.01. The first-order chi connectivity index (χ1) is 7.72. The Balaban J connectivity index is 2.42. The van der Waals surface area contributed by atoms with Crippen molar-refractivity contribution in [1.29, 1.82) is 0 Å². The molecular formula is C12H16N4. The van der Waals surface area contributed by atoms with Crippen molar-refractivity contribution in [2.45, 2.75) is 20.3 Å². The van der Waals surface area contributed by atoms with Crippen LogP contribution in [0, 0.1) is 13.8 Å². The summed E-state index contributed by atoms with van der Waals surface area (Å²) >= 11 is 0. The van der Waals surface area contributed by atoms with Crippen molar-refractivity contribution in [1.82, 2.24) is 14.8 Å². The summed E-state index contributed by atoms with van der Waals surface area (Å²) in [6, 6.07) is 6.20. The molecule has 2 aromatic rings. The first-order valence-electron chi connectivity index (χ1n) is 5.39. The predicted molar refractivity (Wildman–Crippen MR) is 63.6 cm³/mol. The summed E-state index contributed by atoms with van der Waals surface area (Å²) in [5.41, 5.74) is 8.99. The number of aromatic nitrogens is 3. The summed E-state index contributed by atoms with van der Waals surface area (Å²) in [6.07, 6.45) is 2.47. The van der Waals surface area contributed by atoms with Gasteiger partial charge in [-0.3, -0.25) is 0 Å². The van der Waals surface area contributed by atoms with E-state index in [1.807, 2.05) is 10.7 Å². The molecule has 0 amide bonds. The quantitative estimate of drug-likeness (QED) is 0.843. The van der Waals surface area contributed by atoms with E-state index in [4.69, 9.17) is 5.73 Å². The van der Waals surface area contributed by atoms with Gasteiger partial charge in [0.1, 0.15) is 6.33 Å². The SMILES string of the molecule is Cc1cccc(C)c1-n1cnc(CCN)n1. The van der Waals surface area contributed by atoms with Gasteiger partial charge in [0, 0.05) is 6.42 Å². The Morgan fingerprint density at radius 2 is 1.94 bits per heavy atom. The highest BCUT2D eigenvalue weighted by Crippen LogP contribution is 2.17. The second kappa shape index (κ2) is 4.45. The first-order valence-corrected chi connectivity index (χ1v) is 5.39. The molecule has 0 aliphatic carbocycles. The van der Waals surface area contributed by atoms with Gasteiger partial charge in [0.2, 0.25) is 0 Å². The van der Waals surface area contributed by atoms with Crippen LogP contribution in [0.3, 0.4) is 0 Å². The Labute approximate surface area is 95.1 Å². The normalized spacial score (nSPS) is 10.7. The number of hydrogen-bond donors (Lipinski definition) is 1. The largest absolute Gasteiger partial charge is 0.330 e. The zero-order valence-corrected chi connectivity index (χ0v) is 9.64. The van der Waals surface area contributed by atoms with E-state index >= 15 is 0 Å². The standard InChI is InChI=1S/C12H16N4/c1-9-4-3-5-10(2)12(9)16-8-14-11(15-16)6-7-13/h3-5,8H,6-7,13H2,1-2H3. The Bertz CT molecular complexity index is 467. The van der Waals surface area contributed by atoms with Crippen molar-refractivity contribution < 1.29 is 0 Å². The Morgan fingerprint density at radius 3 is 2.56 bits per heavy atom. The molecule has 4 heteroatoms. The maximum Gasteiger partial charge on any atom is 0.152 e. The summed E-state index contributed by atoms with van der Waals surface area (Å²) in [5, 5.41) is 4.42. The molecule has 0 bridgehead atoms. The second-order valence-corrected chi connectivity index (χ2v) is 3.88. The van der Waals surface area contributed by atoms with Crippen LogP contribution >= 0.6 is 0 Å². The Hall–Kier alpha value is -1.68. The van der Waals surface area contributed by atoms with Gasteiger partial charge in [-0.05, 0) is 31.5 Å². The van der Waals surface area contributed by atoms with Gasteiger partial charge in [-0.2, -0.15) is 5.10 Å². The molecule has 2 rings (SSSR count). The van der Waals surface area contributed by atoms with Gasteiger partial charge in [0.25, 0.3) is 0 Å². The van der Waals surface area contributed by atoms with E-state index in [9.17, 15) is 0 Å². The minimum atomic E-state index is 0.580. The highest BCUT2D eigenvalue weighted by atomic mass is 15.3. The lowest BCUT2D eigenvalue weighted by atomic mass is 10.1. The zero-order valence-electron chi connectivity index (χ0n) is 9.64. The van der Waals surface area contributed by atoms with Crippen molar-refractivity contribution in [3.05, 3.63) is 41.5 Å². The fraction of sp³-hybridized carbons (Fsp3) is 0.333. The van der Waals surface area contributed by atoms with Crippen LogP contribution in [0.25, 0.3) is 5.69 Å². The lowest BCUT2D eigenvalue weighted by Gasteiger charge is -2.08. The molecule has 0 saturated carbocycles. The van der Waals surface area contributed by atoms with Crippen LogP contribution in [0.2, 0.25) is 0 Å². The van der Waals surface area contributed by atoms with Gasteiger partial charge in [0.05, 0.1) is 5.69 Å². The summed E-state index contributed by atoms with van der Waals surface area (Å²) in [7, 11) is 0. The number of nitrogens with two attached hydrogens (primary N) is 1. The fourth-order valence-corrected chi connectivity index (χ4v) is 1.82. The molecule has 1 aromatic carbocycles. The van der Waals surface area contributed by atoms with E-state index in [1.165, 1.54) is 11.1 Å². The molecule has 0 unspecified atom stereocenters. The smallest absolute Gasteiger partial charge is 0.152 e. The van der Waals surface area contributed by atoms with E-state index in [-0.39, 0.29) is 0 Å². The second-order valence-electron chi connectivity index (χ2n) is 3.88. The van der Waals surface area contributed by atoms with Crippen molar-refractivity contribution in [2.75, 3.05) is 6.54 Å². The van der Waals surface area contributed by atoms with Gasteiger partial charge < -0.3 is 5.73 Å². The molecule has 1 aromatic heterocycles. The molecule has 0 radical (unpaired) electrons. The summed E-state index contributed by atoms with van der Waals surface area (Å²) in [4.78, 5) is 4.24. The molecule has 0 saturated heterocycles. The van der Waals surface area contributed by atoms with Crippen molar-refractivity contribution in [3.63, 3.8) is 0 Å². The molecule has 0 aliphatic heterocycles. The maximum atomic E-state index is 5.48. The lowest BCUT2D eigenvalue weighted by molar-refractivity contribution is 0.809. The third kappa shape index (κ3) is 1.97. The zero-order chi connectivity index (χ0) is 11.5. The van der Waals surface area contributed by atoms with Gasteiger partial charge in [-0.1, -0.05) is 18.2 Å². The molecule has 0 aliphatic rings. The van der Waals surface area contributed by atoms with Crippen LogP contribution in [0.15, 0.2) is 24.5 Å². The van der Waals surface area contributed by atoms with Crippen LogP contribution in [0.1, 0.15) is 17.0 Å². The molecule has 16 heavy (non-hydrogen) atoms. The van der Waals surface area contributed by atoms with Crippen LogP contribution < -0.4 is 5.73 Å². The van der Waals surface area contributed by atoms with Gasteiger partial charge >= 0.3 is 0 Å². The average Bonchev–Trinajstić information content (AvgIpc) is 2.67. The van der Waals surface area contributed by atoms with Gasteiger partial charge in [0.15, 0.2) is 5.82 Å².